The second-order valence-corrected chi connectivity index (χ2v) is 5.90. The maximum atomic E-state index is 12.3. The molecular weight excluding hydrogens is 282 g/mol. The quantitative estimate of drug-likeness (QED) is 0.728. The van der Waals surface area contributed by atoms with Crippen LogP contribution in [0.4, 0.5) is 0 Å². The molecule has 6 nitrogen and oxygen atoms in total. The lowest BCUT2D eigenvalue weighted by atomic mass is 10.2. The van der Waals surface area contributed by atoms with Gasteiger partial charge in [0.1, 0.15) is 0 Å². The molecule has 1 amide bonds. The van der Waals surface area contributed by atoms with Crippen molar-refractivity contribution in [2.24, 2.45) is 20.0 Å². The maximum Gasteiger partial charge on any atom is 0.330 e. The standard InChI is InChI=1S/C16H23N3O3/c1-4-9-19(10-12-5-6-12)14(20)8-7-13-11-17(2)16(22)18(3)15(13)21/h7-8,11-12H,4-6,9-10H2,1-3H3/b8-7+. The zero-order chi connectivity index (χ0) is 16.3. The third kappa shape index (κ3) is 3.75. The lowest BCUT2D eigenvalue weighted by Crippen LogP contribution is -2.37. The molecule has 1 fully saturated rings. The van der Waals surface area contributed by atoms with Gasteiger partial charge in [-0.3, -0.25) is 14.2 Å². The number of carbonyl (C=O) groups is 1. The summed E-state index contributed by atoms with van der Waals surface area (Å²) in [6.45, 7) is 3.56. The first-order valence-corrected chi connectivity index (χ1v) is 7.67. The Bertz CT molecular complexity index is 696. The van der Waals surface area contributed by atoms with Gasteiger partial charge in [0.05, 0.1) is 5.56 Å². The molecule has 22 heavy (non-hydrogen) atoms. The average Bonchev–Trinajstić information content (AvgIpc) is 3.30. The van der Waals surface area contributed by atoms with E-state index in [2.05, 4.69) is 0 Å². The summed E-state index contributed by atoms with van der Waals surface area (Å²) in [6, 6.07) is 0. The minimum absolute atomic E-state index is 0.0790. The lowest BCUT2D eigenvalue weighted by molar-refractivity contribution is -0.126. The van der Waals surface area contributed by atoms with Crippen LogP contribution in [-0.2, 0) is 18.9 Å². The predicted molar refractivity (Wildman–Crippen MR) is 85.6 cm³/mol. The molecule has 6 heteroatoms. The Morgan fingerprint density at radius 1 is 1.36 bits per heavy atom. The van der Waals surface area contributed by atoms with Crippen LogP contribution >= 0.6 is 0 Å². The highest BCUT2D eigenvalue weighted by Crippen LogP contribution is 2.29. The summed E-state index contributed by atoms with van der Waals surface area (Å²) in [5, 5.41) is 0. The first-order chi connectivity index (χ1) is 10.4. The number of rotatable bonds is 6. The first kappa shape index (κ1) is 16.3. The number of hydrogen-bond acceptors (Lipinski definition) is 3. The van der Waals surface area contributed by atoms with Crippen LogP contribution in [0, 0.1) is 5.92 Å². The molecule has 120 valence electrons. The van der Waals surface area contributed by atoms with Crippen molar-refractivity contribution in [1.82, 2.24) is 14.0 Å². The molecule has 1 heterocycles. The molecule has 2 rings (SSSR count). The number of carbonyl (C=O) groups excluding carboxylic acids is 1. The van der Waals surface area contributed by atoms with Crippen molar-refractivity contribution in [3.63, 3.8) is 0 Å². The Kier molecular flexibility index (Phi) is 5.00. The highest BCUT2D eigenvalue weighted by atomic mass is 16.2. The second kappa shape index (κ2) is 6.77. The third-order valence-corrected chi connectivity index (χ3v) is 3.86. The van der Waals surface area contributed by atoms with E-state index in [1.807, 2.05) is 11.8 Å². The smallest absolute Gasteiger partial charge is 0.330 e. The predicted octanol–water partition coefficient (Wildman–Crippen LogP) is 0.746. The van der Waals surface area contributed by atoms with Crippen LogP contribution < -0.4 is 11.2 Å². The second-order valence-electron chi connectivity index (χ2n) is 5.90. The fourth-order valence-corrected chi connectivity index (χ4v) is 2.39. The average molecular weight is 305 g/mol. The van der Waals surface area contributed by atoms with Crippen molar-refractivity contribution in [2.75, 3.05) is 13.1 Å². The molecule has 1 aliphatic rings. The molecule has 0 bridgehead atoms. The van der Waals surface area contributed by atoms with Gasteiger partial charge in [0, 0.05) is 39.5 Å². The largest absolute Gasteiger partial charge is 0.339 e. The monoisotopic (exact) mass is 305 g/mol. The molecular formula is C16H23N3O3. The Labute approximate surface area is 129 Å². The topological polar surface area (TPSA) is 64.3 Å². The van der Waals surface area contributed by atoms with Gasteiger partial charge in [-0.1, -0.05) is 6.92 Å². The zero-order valence-electron chi connectivity index (χ0n) is 13.4. The van der Waals surface area contributed by atoms with Crippen LogP contribution in [0.15, 0.2) is 21.9 Å². The first-order valence-electron chi connectivity index (χ1n) is 7.67. The normalized spacial score (nSPS) is 14.5. The van der Waals surface area contributed by atoms with E-state index in [-0.39, 0.29) is 11.6 Å². The minimum atomic E-state index is -0.392. The van der Waals surface area contributed by atoms with E-state index in [0.717, 1.165) is 24.1 Å². The molecule has 0 N–H and O–H groups in total. The number of aromatic nitrogens is 2. The van der Waals surface area contributed by atoms with E-state index >= 15 is 0 Å². The van der Waals surface area contributed by atoms with Crippen LogP contribution in [0.1, 0.15) is 31.7 Å². The van der Waals surface area contributed by atoms with Gasteiger partial charge in [-0.25, -0.2) is 4.79 Å². The minimum Gasteiger partial charge on any atom is -0.339 e. The Morgan fingerprint density at radius 3 is 2.64 bits per heavy atom. The number of amides is 1. The van der Waals surface area contributed by atoms with Crippen LogP contribution in [0.2, 0.25) is 0 Å². The summed E-state index contributed by atoms with van der Waals surface area (Å²) in [5.41, 5.74) is -0.438. The summed E-state index contributed by atoms with van der Waals surface area (Å²) >= 11 is 0. The highest BCUT2D eigenvalue weighted by molar-refractivity contribution is 5.91. The van der Waals surface area contributed by atoms with Crippen molar-refractivity contribution < 1.29 is 4.79 Å². The van der Waals surface area contributed by atoms with Gasteiger partial charge >= 0.3 is 5.69 Å². The van der Waals surface area contributed by atoms with Crippen LogP contribution in [0.3, 0.4) is 0 Å². The summed E-state index contributed by atoms with van der Waals surface area (Å²) in [7, 11) is 3.01. The fourth-order valence-electron chi connectivity index (χ4n) is 2.39. The van der Waals surface area contributed by atoms with E-state index in [0.29, 0.717) is 11.5 Å². The van der Waals surface area contributed by atoms with Gasteiger partial charge in [-0.15, -0.1) is 0 Å². The Morgan fingerprint density at radius 2 is 2.05 bits per heavy atom. The van der Waals surface area contributed by atoms with Gasteiger partial charge in [-0.2, -0.15) is 0 Å². The molecule has 1 aliphatic carbocycles. The van der Waals surface area contributed by atoms with Crippen LogP contribution in [0.25, 0.3) is 6.08 Å². The number of nitrogens with zero attached hydrogens (tertiary/aromatic N) is 3. The summed E-state index contributed by atoms with van der Waals surface area (Å²) < 4.78 is 2.37. The molecule has 0 unspecified atom stereocenters. The number of aryl methyl sites for hydroxylation is 1. The molecule has 0 aromatic carbocycles. The maximum absolute atomic E-state index is 12.3. The SMILES string of the molecule is CCCN(CC1CC1)C(=O)/C=C/c1cn(C)c(=O)n(C)c1=O. The van der Waals surface area contributed by atoms with Crippen molar-refractivity contribution in [3.8, 4) is 0 Å². The van der Waals surface area contributed by atoms with E-state index in [1.165, 1.54) is 42.8 Å². The molecule has 0 radical (unpaired) electrons. The number of hydrogen-bond donors (Lipinski definition) is 0. The molecule has 1 saturated carbocycles. The summed E-state index contributed by atoms with van der Waals surface area (Å²) in [5.74, 6) is 0.555. The van der Waals surface area contributed by atoms with Crippen molar-refractivity contribution in [2.45, 2.75) is 26.2 Å². The zero-order valence-corrected chi connectivity index (χ0v) is 13.4. The molecule has 0 aliphatic heterocycles. The molecule has 1 aromatic heterocycles. The van der Waals surface area contributed by atoms with Crippen molar-refractivity contribution >= 4 is 12.0 Å². The summed E-state index contributed by atoms with van der Waals surface area (Å²) in [6.07, 6.45) is 7.68. The van der Waals surface area contributed by atoms with E-state index in [4.69, 9.17) is 0 Å². The van der Waals surface area contributed by atoms with Gasteiger partial charge in [-0.05, 0) is 31.3 Å². The van der Waals surface area contributed by atoms with E-state index < -0.39 is 5.56 Å². The van der Waals surface area contributed by atoms with E-state index in [9.17, 15) is 14.4 Å². The van der Waals surface area contributed by atoms with Gasteiger partial charge in [0.2, 0.25) is 5.91 Å². The van der Waals surface area contributed by atoms with Gasteiger partial charge in [0.25, 0.3) is 5.56 Å². The van der Waals surface area contributed by atoms with Crippen molar-refractivity contribution in [3.05, 3.63) is 38.7 Å². The van der Waals surface area contributed by atoms with E-state index in [1.54, 1.807) is 7.05 Å². The Balaban J connectivity index is 2.17. The Hall–Kier alpha value is -2.11. The highest BCUT2D eigenvalue weighted by Gasteiger charge is 2.25. The fraction of sp³-hybridized carbons (Fsp3) is 0.562. The summed E-state index contributed by atoms with van der Waals surface area (Å²) in [4.78, 5) is 37.8. The molecule has 1 aromatic rings. The molecule has 0 atom stereocenters. The van der Waals surface area contributed by atoms with Crippen molar-refractivity contribution in [1.29, 1.82) is 0 Å². The molecule has 0 saturated heterocycles. The third-order valence-electron chi connectivity index (χ3n) is 3.86. The van der Waals surface area contributed by atoms with Crippen LogP contribution in [-0.4, -0.2) is 33.0 Å². The van der Waals surface area contributed by atoms with Crippen LogP contribution in [0.5, 0.6) is 0 Å². The van der Waals surface area contributed by atoms with Gasteiger partial charge < -0.3 is 9.47 Å². The van der Waals surface area contributed by atoms with Gasteiger partial charge in [0.15, 0.2) is 0 Å². The molecule has 0 spiro atoms. The lowest BCUT2D eigenvalue weighted by Gasteiger charge is -2.20.